The molecule has 0 N–H and O–H groups in total. The second-order valence-corrected chi connectivity index (χ2v) is 8.42. The maximum absolute atomic E-state index is 14.3. The number of amides is 1. The Morgan fingerprint density at radius 3 is 2.78 bits per heavy atom. The Kier molecular flexibility index (Phi) is 5.48. The molecule has 4 rings (SSSR count). The van der Waals surface area contributed by atoms with Crippen LogP contribution in [-0.2, 0) is 16.0 Å². The number of hydrogen-bond donors (Lipinski definition) is 0. The van der Waals surface area contributed by atoms with Crippen molar-refractivity contribution in [3.8, 4) is 0 Å². The second-order valence-electron chi connectivity index (χ2n) is 8.42. The van der Waals surface area contributed by atoms with E-state index in [4.69, 9.17) is 4.74 Å². The van der Waals surface area contributed by atoms with E-state index in [-0.39, 0.29) is 11.7 Å². The molecular formula is C21H30FN3O2. The molecule has 6 heteroatoms. The van der Waals surface area contributed by atoms with Gasteiger partial charge in [-0.15, -0.1) is 0 Å². The molecule has 1 aromatic carbocycles. The molecule has 27 heavy (non-hydrogen) atoms. The summed E-state index contributed by atoms with van der Waals surface area (Å²) in [6.07, 6.45) is 2.51. The molecule has 148 valence electrons. The minimum absolute atomic E-state index is 0.205. The summed E-state index contributed by atoms with van der Waals surface area (Å²) < 4.78 is 19.9. The summed E-state index contributed by atoms with van der Waals surface area (Å²) in [6, 6.07) is 7.29. The van der Waals surface area contributed by atoms with Gasteiger partial charge in [0.05, 0.1) is 12.0 Å². The van der Waals surface area contributed by atoms with Gasteiger partial charge in [0, 0.05) is 45.4 Å². The smallest absolute Gasteiger partial charge is 0.231 e. The molecule has 5 nitrogen and oxygen atoms in total. The average molecular weight is 375 g/mol. The van der Waals surface area contributed by atoms with Crippen LogP contribution in [0, 0.1) is 11.2 Å². The number of likely N-dealkylation sites (tertiary alicyclic amines) is 1. The number of rotatable bonds is 4. The maximum atomic E-state index is 14.3. The number of likely N-dealkylation sites (N-methyl/N-ethyl adjacent to an activating group) is 1. The molecule has 0 spiro atoms. The van der Waals surface area contributed by atoms with E-state index in [0.717, 1.165) is 52.2 Å². The molecule has 3 aliphatic heterocycles. The molecule has 3 saturated heterocycles. The Morgan fingerprint density at radius 2 is 2.04 bits per heavy atom. The van der Waals surface area contributed by atoms with Crippen LogP contribution in [0.15, 0.2) is 24.3 Å². The van der Waals surface area contributed by atoms with E-state index in [1.165, 1.54) is 6.07 Å². The van der Waals surface area contributed by atoms with E-state index in [1.807, 2.05) is 17.0 Å². The summed E-state index contributed by atoms with van der Waals surface area (Å²) in [5.41, 5.74) is 0.147. The highest BCUT2D eigenvalue weighted by molar-refractivity contribution is 5.85. The second kappa shape index (κ2) is 7.86. The van der Waals surface area contributed by atoms with Crippen LogP contribution >= 0.6 is 0 Å². The molecule has 1 atom stereocenters. The van der Waals surface area contributed by atoms with Gasteiger partial charge in [-0.25, -0.2) is 4.39 Å². The molecule has 0 aromatic heterocycles. The van der Waals surface area contributed by atoms with Crippen molar-refractivity contribution in [2.75, 3.05) is 59.5 Å². The normalized spacial score (nSPS) is 26.6. The van der Waals surface area contributed by atoms with Crippen molar-refractivity contribution < 1.29 is 13.9 Å². The lowest BCUT2D eigenvalue weighted by Crippen LogP contribution is -2.67. The third-order valence-electron chi connectivity index (χ3n) is 6.38. The Hall–Kier alpha value is -1.50. The van der Waals surface area contributed by atoms with E-state index in [9.17, 15) is 9.18 Å². The monoisotopic (exact) mass is 375 g/mol. The molecule has 1 aromatic rings. The minimum atomic E-state index is -0.506. The molecule has 0 aliphatic carbocycles. The van der Waals surface area contributed by atoms with Gasteiger partial charge >= 0.3 is 0 Å². The van der Waals surface area contributed by atoms with E-state index in [1.54, 1.807) is 6.07 Å². The van der Waals surface area contributed by atoms with Gasteiger partial charge in [-0.05, 0) is 44.5 Å². The summed E-state index contributed by atoms with van der Waals surface area (Å²) in [5.74, 6) is -0.000794. The van der Waals surface area contributed by atoms with Crippen LogP contribution in [0.3, 0.4) is 0 Å². The molecular weight excluding hydrogens is 345 g/mol. The topological polar surface area (TPSA) is 36.0 Å². The zero-order valence-corrected chi connectivity index (χ0v) is 16.2. The molecule has 1 amide bonds. The average Bonchev–Trinajstić information content (AvgIpc) is 3.07. The quantitative estimate of drug-likeness (QED) is 0.801. The number of benzene rings is 1. The van der Waals surface area contributed by atoms with Gasteiger partial charge in [0.25, 0.3) is 0 Å². The summed E-state index contributed by atoms with van der Waals surface area (Å²) in [5, 5.41) is 0. The number of halogens is 1. The largest absolute Gasteiger partial charge is 0.380 e. The van der Waals surface area contributed by atoms with Crippen LogP contribution in [0.5, 0.6) is 0 Å². The summed E-state index contributed by atoms with van der Waals surface area (Å²) in [6.45, 7) is 6.46. The van der Waals surface area contributed by atoms with Crippen molar-refractivity contribution in [1.82, 2.24) is 14.7 Å². The fourth-order valence-electron chi connectivity index (χ4n) is 4.71. The first kappa shape index (κ1) is 18.8. The van der Waals surface area contributed by atoms with Crippen molar-refractivity contribution in [2.45, 2.75) is 25.3 Å². The Bertz CT molecular complexity index is 671. The molecule has 3 aliphatic rings. The fraction of sp³-hybridized carbons (Fsp3) is 0.667. The van der Waals surface area contributed by atoms with Crippen molar-refractivity contribution in [3.05, 3.63) is 35.6 Å². The van der Waals surface area contributed by atoms with Crippen LogP contribution in [0.4, 0.5) is 4.39 Å². The Morgan fingerprint density at radius 1 is 1.22 bits per heavy atom. The molecule has 0 radical (unpaired) electrons. The lowest BCUT2D eigenvalue weighted by Gasteiger charge is -2.52. The molecule has 3 heterocycles. The zero-order valence-electron chi connectivity index (χ0n) is 16.2. The highest BCUT2D eigenvalue weighted by Crippen LogP contribution is 2.39. The van der Waals surface area contributed by atoms with E-state index < -0.39 is 5.41 Å². The van der Waals surface area contributed by atoms with Crippen molar-refractivity contribution >= 4 is 5.91 Å². The summed E-state index contributed by atoms with van der Waals surface area (Å²) in [7, 11) is 2.11. The first-order chi connectivity index (χ1) is 13.1. The zero-order chi connectivity index (χ0) is 18.9. The van der Waals surface area contributed by atoms with Gasteiger partial charge < -0.3 is 14.5 Å². The highest BCUT2D eigenvalue weighted by Gasteiger charge is 2.53. The number of carbonyl (C=O) groups excluding carboxylic acids is 1. The third kappa shape index (κ3) is 3.89. The van der Waals surface area contributed by atoms with E-state index in [0.29, 0.717) is 31.1 Å². The van der Waals surface area contributed by atoms with Crippen LogP contribution in [0.25, 0.3) is 0 Å². The van der Waals surface area contributed by atoms with Crippen LogP contribution < -0.4 is 0 Å². The third-order valence-corrected chi connectivity index (χ3v) is 6.38. The van der Waals surface area contributed by atoms with Gasteiger partial charge in [0.2, 0.25) is 5.91 Å². The molecule has 3 fully saturated rings. The summed E-state index contributed by atoms with van der Waals surface area (Å²) in [4.78, 5) is 20.2. The lowest BCUT2D eigenvalue weighted by atomic mass is 9.72. The molecule has 1 unspecified atom stereocenters. The van der Waals surface area contributed by atoms with Crippen molar-refractivity contribution in [3.63, 3.8) is 0 Å². The van der Waals surface area contributed by atoms with Crippen molar-refractivity contribution in [2.24, 2.45) is 5.41 Å². The highest BCUT2D eigenvalue weighted by atomic mass is 19.1. The first-order valence-electron chi connectivity index (χ1n) is 10.1. The number of hydrogen-bond acceptors (Lipinski definition) is 4. The minimum Gasteiger partial charge on any atom is -0.380 e. The number of ether oxygens (including phenoxy) is 1. The fourth-order valence-corrected chi connectivity index (χ4v) is 4.71. The Labute approximate surface area is 161 Å². The summed E-state index contributed by atoms with van der Waals surface area (Å²) >= 11 is 0. The van der Waals surface area contributed by atoms with Gasteiger partial charge in [0.1, 0.15) is 5.82 Å². The standard InChI is InChI=1S/C21H30FN3O2/c1-23-8-4-9-24(11-10-23)20(26)21(13-17-5-2-3-6-19(17)22)15-25(16-21)18-7-12-27-14-18/h2-3,5-6,18H,4,7-16H2,1H3. The maximum Gasteiger partial charge on any atom is 0.231 e. The van der Waals surface area contributed by atoms with Gasteiger partial charge in [-0.3, -0.25) is 9.69 Å². The van der Waals surface area contributed by atoms with E-state index >= 15 is 0 Å². The number of nitrogens with zero attached hydrogens (tertiary/aromatic N) is 3. The Balaban J connectivity index is 1.53. The van der Waals surface area contributed by atoms with Crippen LogP contribution in [0.2, 0.25) is 0 Å². The predicted molar refractivity (Wildman–Crippen MR) is 102 cm³/mol. The van der Waals surface area contributed by atoms with Crippen LogP contribution in [-0.4, -0.2) is 86.2 Å². The van der Waals surface area contributed by atoms with E-state index in [2.05, 4.69) is 16.8 Å². The molecule has 0 saturated carbocycles. The van der Waals surface area contributed by atoms with Gasteiger partial charge in [-0.1, -0.05) is 18.2 Å². The lowest BCUT2D eigenvalue weighted by molar-refractivity contribution is -0.155. The van der Waals surface area contributed by atoms with Gasteiger partial charge in [-0.2, -0.15) is 0 Å². The van der Waals surface area contributed by atoms with Crippen molar-refractivity contribution in [1.29, 1.82) is 0 Å². The van der Waals surface area contributed by atoms with Gasteiger partial charge in [0.15, 0.2) is 0 Å². The molecule has 0 bridgehead atoms. The number of carbonyl (C=O) groups is 1. The van der Waals surface area contributed by atoms with Crippen LogP contribution in [0.1, 0.15) is 18.4 Å². The SMILES string of the molecule is CN1CCCN(C(=O)C2(Cc3ccccc3F)CN(C3CCOC3)C2)CC1. The predicted octanol–water partition coefficient (Wildman–Crippen LogP) is 1.62. The first-order valence-corrected chi connectivity index (χ1v) is 10.1.